The van der Waals surface area contributed by atoms with Crippen molar-refractivity contribution < 1.29 is 13.9 Å². The minimum Gasteiger partial charge on any atom is -0.459 e. The normalized spacial score (nSPS) is 11.8. The van der Waals surface area contributed by atoms with E-state index in [1.165, 1.54) is 13.0 Å². The fourth-order valence-corrected chi connectivity index (χ4v) is 1.54. The molecule has 0 aromatic carbocycles. The van der Waals surface area contributed by atoms with E-state index in [1.807, 2.05) is 13.0 Å². The van der Waals surface area contributed by atoms with Crippen molar-refractivity contribution in [1.29, 1.82) is 0 Å². The number of hydrogen-bond acceptors (Lipinski definition) is 3. The Labute approximate surface area is 111 Å². The van der Waals surface area contributed by atoms with Crippen molar-refractivity contribution >= 4 is 5.97 Å². The van der Waals surface area contributed by atoms with Crippen molar-refractivity contribution in [2.75, 3.05) is 0 Å². The Kier molecular flexibility index (Phi) is 5.73. The van der Waals surface area contributed by atoms with Crippen LogP contribution in [0.25, 0.3) is 0 Å². The van der Waals surface area contributed by atoms with Crippen molar-refractivity contribution in [3.63, 3.8) is 0 Å². The van der Waals surface area contributed by atoms with Gasteiger partial charge in [0.25, 0.3) is 0 Å². The van der Waals surface area contributed by atoms with Crippen LogP contribution in [0, 0.1) is 0 Å². The lowest BCUT2D eigenvalue weighted by molar-refractivity contribution is -0.142. The van der Waals surface area contributed by atoms with Crippen LogP contribution in [-0.4, -0.2) is 15.5 Å². The third kappa shape index (κ3) is 5.33. The maximum Gasteiger partial charge on any atom is 0.303 e. The molecule has 0 bridgehead atoms. The van der Waals surface area contributed by atoms with E-state index in [9.17, 15) is 9.18 Å². The predicted molar refractivity (Wildman–Crippen MR) is 70.8 cm³/mol. The molecular formula is C14H17FN2O2. The minimum atomic E-state index is -0.505. The first-order valence-corrected chi connectivity index (χ1v) is 5.83. The Morgan fingerprint density at radius 3 is 2.95 bits per heavy atom. The largest absolute Gasteiger partial charge is 0.459 e. The summed E-state index contributed by atoms with van der Waals surface area (Å²) in [5.74, 6) is -0.858. The first kappa shape index (κ1) is 14.9. The van der Waals surface area contributed by atoms with E-state index in [0.717, 1.165) is 11.3 Å². The van der Waals surface area contributed by atoms with Gasteiger partial charge in [0.2, 0.25) is 0 Å². The number of allylic oxidation sites excluding steroid dienone is 5. The number of carbonyl (C=O) groups excluding carboxylic acids is 1. The van der Waals surface area contributed by atoms with E-state index < -0.39 is 5.83 Å². The van der Waals surface area contributed by atoms with Gasteiger partial charge in [0.15, 0.2) is 0 Å². The molecule has 1 aromatic rings. The number of rotatable bonds is 6. The van der Waals surface area contributed by atoms with Crippen molar-refractivity contribution in [2.24, 2.45) is 0 Å². The zero-order chi connectivity index (χ0) is 14.3. The van der Waals surface area contributed by atoms with Gasteiger partial charge in [0.1, 0.15) is 12.4 Å². The number of halogens is 1. The molecule has 0 radical (unpaired) electrons. The van der Waals surface area contributed by atoms with E-state index in [4.69, 9.17) is 4.74 Å². The zero-order valence-corrected chi connectivity index (χ0v) is 11.1. The van der Waals surface area contributed by atoms with E-state index in [0.29, 0.717) is 6.54 Å². The highest BCUT2D eigenvalue weighted by molar-refractivity contribution is 5.65. The third-order valence-electron chi connectivity index (χ3n) is 2.30. The molecule has 0 aliphatic heterocycles. The monoisotopic (exact) mass is 264 g/mol. The standard InChI is InChI=1S/C14H17FN2O2/c1-4-5-13(6-11(2)15)8-17-10-16-7-14(17)9-19-12(3)18/h4-7,10H,2,8-9H2,1,3H3/b5-4-,13-6+. The molecule has 0 spiro atoms. The highest BCUT2D eigenvalue weighted by Gasteiger charge is 2.05. The Morgan fingerprint density at radius 1 is 1.63 bits per heavy atom. The lowest BCUT2D eigenvalue weighted by Gasteiger charge is -2.09. The molecule has 0 fully saturated rings. The fourth-order valence-electron chi connectivity index (χ4n) is 1.54. The number of ether oxygens (including phenoxy) is 1. The summed E-state index contributed by atoms with van der Waals surface area (Å²) in [5, 5.41) is 0. The molecule has 0 amide bonds. The minimum absolute atomic E-state index is 0.148. The van der Waals surface area contributed by atoms with E-state index in [1.54, 1.807) is 23.2 Å². The highest BCUT2D eigenvalue weighted by Crippen LogP contribution is 2.10. The molecule has 0 atom stereocenters. The molecule has 5 heteroatoms. The smallest absolute Gasteiger partial charge is 0.303 e. The second-order valence-electron chi connectivity index (χ2n) is 3.96. The number of aromatic nitrogens is 2. The summed E-state index contributed by atoms with van der Waals surface area (Å²) in [6.07, 6.45) is 8.19. The lowest BCUT2D eigenvalue weighted by Crippen LogP contribution is -2.07. The zero-order valence-electron chi connectivity index (χ0n) is 11.1. The van der Waals surface area contributed by atoms with Gasteiger partial charge >= 0.3 is 5.97 Å². The van der Waals surface area contributed by atoms with Crippen LogP contribution in [0.3, 0.4) is 0 Å². The first-order chi connectivity index (χ1) is 9.02. The van der Waals surface area contributed by atoms with Crippen LogP contribution in [0.4, 0.5) is 4.39 Å². The van der Waals surface area contributed by atoms with Gasteiger partial charge in [-0.15, -0.1) is 0 Å². The fraction of sp³-hybridized carbons (Fsp3) is 0.286. The number of carbonyl (C=O) groups is 1. The molecule has 0 saturated heterocycles. The summed E-state index contributed by atoms with van der Waals surface area (Å²) < 4.78 is 19.6. The average Bonchev–Trinajstić information content (AvgIpc) is 2.73. The maximum absolute atomic E-state index is 12.9. The summed E-state index contributed by atoms with van der Waals surface area (Å²) in [6.45, 7) is 7.00. The molecule has 19 heavy (non-hydrogen) atoms. The van der Waals surface area contributed by atoms with Gasteiger partial charge in [-0.1, -0.05) is 18.7 Å². The van der Waals surface area contributed by atoms with Gasteiger partial charge in [0.05, 0.1) is 18.2 Å². The van der Waals surface area contributed by atoms with E-state index in [-0.39, 0.29) is 12.6 Å². The summed E-state index contributed by atoms with van der Waals surface area (Å²) in [6, 6.07) is 0. The van der Waals surface area contributed by atoms with Crippen LogP contribution in [0.15, 0.2) is 48.7 Å². The van der Waals surface area contributed by atoms with Crippen molar-refractivity contribution in [1.82, 2.24) is 9.55 Å². The Morgan fingerprint density at radius 2 is 2.37 bits per heavy atom. The van der Waals surface area contributed by atoms with Gasteiger partial charge in [-0.2, -0.15) is 0 Å². The number of imidazole rings is 1. The summed E-state index contributed by atoms with van der Waals surface area (Å²) in [7, 11) is 0. The van der Waals surface area contributed by atoms with Crippen LogP contribution < -0.4 is 0 Å². The maximum atomic E-state index is 12.9. The van der Waals surface area contributed by atoms with Crippen molar-refractivity contribution in [3.8, 4) is 0 Å². The van der Waals surface area contributed by atoms with Crippen LogP contribution in [0.5, 0.6) is 0 Å². The number of hydrogen-bond donors (Lipinski definition) is 0. The second kappa shape index (κ2) is 7.31. The van der Waals surface area contributed by atoms with E-state index >= 15 is 0 Å². The third-order valence-corrected chi connectivity index (χ3v) is 2.30. The lowest BCUT2D eigenvalue weighted by atomic mass is 10.2. The Hall–Kier alpha value is -2.17. The predicted octanol–water partition coefficient (Wildman–Crippen LogP) is 2.93. The second-order valence-corrected chi connectivity index (χ2v) is 3.96. The molecule has 4 nitrogen and oxygen atoms in total. The molecule has 0 aliphatic carbocycles. The molecular weight excluding hydrogens is 247 g/mol. The first-order valence-electron chi connectivity index (χ1n) is 5.83. The van der Waals surface area contributed by atoms with Crippen LogP contribution in [-0.2, 0) is 22.7 Å². The molecule has 102 valence electrons. The summed E-state index contributed by atoms with van der Waals surface area (Å²) >= 11 is 0. The van der Waals surface area contributed by atoms with Crippen LogP contribution in [0.1, 0.15) is 19.5 Å². The molecule has 0 N–H and O–H groups in total. The van der Waals surface area contributed by atoms with Gasteiger partial charge in [0, 0.05) is 13.5 Å². The van der Waals surface area contributed by atoms with Crippen LogP contribution >= 0.6 is 0 Å². The number of esters is 1. The van der Waals surface area contributed by atoms with Gasteiger partial charge in [-0.25, -0.2) is 9.37 Å². The van der Waals surface area contributed by atoms with Gasteiger partial charge in [-0.3, -0.25) is 4.79 Å². The Bertz CT molecular complexity index is 515. The molecule has 0 saturated carbocycles. The number of nitrogens with zero attached hydrogens (tertiary/aromatic N) is 2. The highest BCUT2D eigenvalue weighted by atomic mass is 19.1. The summed E-state index contributed by atoms with van der Waals surface area (Å²) in [4.78, 5) is 14.8. The van der Waals surface area contributed by atoms with Crippen molar-refractivity contribution in [2.45, 2.75) is 27.0 Å². The molecule has 1 heterocycles. The van der Waals surface area contributed by atoms with Gasteiger partial charge in [-0.05, 0) is 18.6 Å². The molecule has 1 rings (SSSR count). The topological polar surface area (TPSA) is 44.1 Å². The molecule has 0 aliphatic rings. The average molecular weight is 264 g/mol. The quantitative estimate of drug-likeness (QED) is 0.586. The van der Waals surface area contributed by atoms with Crippen LogP contribution in [0.2, 0.25) is 0 Å². The summed E-state index contributed by atoms with van der Waals surface area (Å²) in [5.41, 5.74) is 1.49. The van der Waals surface area contributed by atoms with Crippen molar-refractivity contribution in [3.05, 3.63) is 54.4 Å². The Balaban J connectivity index is 2.82. The van der Waals surface area contributed by atoms with E-state index in [2.05, 4.69) is 11.6 Å². The van der Waals surface area contributed by atoms with Gasteiger partial charge < -0.3 is 9.30 Å². The SMILES string of the molecule is C=C(F)/C=C(\C=C/C)Cn1cncc1COC(C)=O. The molecule has 1 aromatic heterocycles. The molecule has 0 unspecified atom stereocenters.